The van der Waals surface area contributed by atoms with Crippen molar-refractivity contribution in [1.82, 2.24) is 19.6 Å². The van der Waals surface area contributed by atoms with E-state index in [2.05, 4.69) is 46.1 Å². The number of rotatable bonds is 7. The summed E-state index contributed by atoms with van der Waals surface area (Å²) in [5, 5.41) is 13.9. The van der Waals surface area contributed by atoms with Gasteiger partial charge in [0.2, 0.25) is 0 Å². The first-order valence-electron chi connectivity index (χ1n) is 10.5. The zero-order chi connectivity index (χ0) is 20.9. The number of aliphatic hydroxyl groups excluding tert-OH is 1. The van der Waals surface area contributed by atoms with Crippen LogP contribution >= 0.6 is 0 Å². The third-order valence-corrected chi connectivity index (χ3v) is 5.93. The van der Waals surface area contributed by atoms with Gasteiger partial charge in [0.05, 0.1) is 6.20 Å². The summed E-state index contributed by atoms with van der Waals surface area (Å²) in [4.78, 5) is 4.88. The summed E-state index contributed by atoms with van der Waals surface area (Å²) in [6.07, 6.45) is 4.48. The molecule has 1 aliphatic rings. The lowest BCUT2D eigenvalue weighted by atomic mass is 10.0. The Kier molecular flexibility index (Phi) is 6.57. The minimum absolute atomic E-state index is 0.188. The molecule has 3 aromatic rings. The molecule has 1 N–H and O–H groups in total. The van der Waals surface area contributed by atoms with Gasteiger partial charge in [0.15, 0.2) is 0 Å². The number of aliphatic hydroxyl groups is 1. The molecule has 1 aromatic heterocycles. The highest BCUT2D eigenvalue weighted by atomic mass is 19.1. The van der Waals surface area contributed by atoms with Gasteiger partial charge < -0.3 is 5.11 Å². The van der Waals surface area contributed by atoms with Crippen LogP contribution in [0.4, 0.5) is 4.39 Å². The van der Waals surface area contributed by atoms with E-state index < -0.39 is 0 Å². The van der Waals surface area contributed by atoms with E-state index in [-0.39, 0.29) is 12.4 Å². The Morgan fingerprint density at radius 3 is 2.67 bits per heavy atom. The molecule has 1 atom stereocenters. The predicted molar refractivity (Wildman–Crippen MR) is 116 cm³/mol. The Labute approximate surface area is 177 Å². The first kappa shape index (κ1) is 20.7. The number of nitrogens with zero attached hydrogens (tertiary/aromatic N) is 4. The number of piperazine rings is 1. The number of hydrogen-bond acceptors (Lipinski definition) is 4. The number of halogens is 1. The van der Waals surface area contributed by atoms with Gasteiger partial charge in [0.25, 0.3) is 0 Å². The van der Waals surface area contributed by atoms with Crippen molar-refractivity contribution in [3.63, 3.8) is 0 Å². The largest absolute Gasteiger partial charge is 0.396 e. The lowest BCUT2D eigenvalue weighted by Crippen LogP contribution is -2.52. The van der Waals surface area contributed by atoms with Crippen LogP contribution in [0.15, 0.2) is 60.9 Å². The SMILES string of the molecule is Cc1ccccc1CN1CCN(Cc2cnn(-c3ccccc3F)c2)C[C@@H]1CCO. The predicted octanol–water partition coefficient (Wildman–Crippen LogP) is 3.39. The lowest BCUT2D eigenvalue weighted by Gasteiger charge is -2.41. The molecule has 2 aromatic carbocycles. The summed E-state index contributed by atoms with van der Waals surface area (Å²) in [7, 11) is 0. The zero-order valence-corrected chi connectivity index (χ0v) is 17.4. The van der Waals surface area contributed by atoms with Gasteiger partial charge in [0.1, 0.15) is 11.5 Å². The molecule has 1 fully saturated rings. The number of benzene rings is 2. The van der Waals surface area contributed by atoms with E-state index in [1.54, 1.807) is 16.8 Å². The van der Waals surface area contributed by atoms with E-state index in [4.69, 9.17) is 0 Å². The normalized spacial score (nSPS) is 18.0. The van der Waals surface area contributed by atoms with E-state index >= 15 is 0 Å². The maximum Gasteiger partial charge on any atom is 0.148 e. The van der Waals surface area contributed by atoms with E-state index in [0.29, 0.717) is 11.7 Å². The van der Waals surface area contributed by atoms with Crippen molar-refractivity contribution in [2.45, 2.75) is 32.5 Å². The average molecular weight is 409 g/mol. The van der Waals surface area contributed by atoms with Gasteiger partial charge in [-0.15, -0.1) is 0 Å². The van der Waals surface area contributed by atoms with Gasteiger partial charge in [-0.3, -0.25) is 9.80 Å². The van der Waals surface area contributed by atoms with Crippen LogP contribution in [0, 0.1) is 12.7 Å². The monoisotopic (exact) mass is 408 g/mol. The molecule has 0 saturated carbocycles. The molecule has 1 saturated heterocycles. The highest BCUT2D eigenvalue weighted by Crippen LogP contribution is 2.20. The van der Waals surface area contributed by atoms with Gasteiger partial charge in [-0.1, -0.05) is 36.4 Å². The van der Waals surface area contributed by atoms with Crippen molar-refractivity contribution in [2.24, 2.45) is 0 Å². The fraction of sp³-hybridized carbons (Fsp3) is 0.375. The number of aryl methyl sites for hydroxylation is 1. The van der Waals surface area contributed by atoms with Gasteiger partial charge in [-0.25, -0.2) is 9.07 Å². The summed E-state index contributed by atoms with van der Waals surface area (Å²) in [6, 6.07) is 15.5. The van der Waals surface area contributed by atoms with E-state index in [0.717, 1.165) is 44.7 Å². The average Bonchev–Trinajstić information content (AvgIpc) is 3.20. The molecule has 4 rings (SSSR count). The Morgan fingerprint density at radius 1 is 1.07 bits per heavy atom. The van der Waals surface area contributed by atoms with Gasteiger partial charge >= 0.3 is 0 Å². The number of aromatic nitrogens is 2. The van der Waals surface area contributed by atoms with E-state index in [1.165, 1.54) is 17.2 Å². The molecule has 0 bridgehead atoms. The van der Waals surface area contributed by atoms with Gasteiger partial charge in [-0.2, -0.15) is 5.10 Å². The minimum Gasteiger partial charge on any atom is -0.396 e. The Balaban J connectivity index is 1.41. The second kappa shape index (κ2) is 9.51. The maximum atomic E-state index is 14.0. The first-order chi connectivity index (χ1) is 14.6. The summed E-state index contributed by atoms with van der Waals surface area (Å²) >= 11 is 0. The molecule has 6 heteroatoms. The molecule has 0 spiro atoms. The third kappa shape index (κ3) is 4.78. The van der Waals surface area contributed by atoms with Crippen molar-refractivity contribution in [3.05, 3.63) is 83.4 Å². The third-order valence-electron chi connectivity index (χ3n) is 5.93. The van der Waals surface area contributed by atoms with Crippen LogP contribution in [-0.2, 0) is 13.1 Å². The maximum absolute atomic E-state index is 14.0. The highest BCUT2D eigenvalue weighted by molar-refractivity contribution is 5.33. The molecule has 5 nitrogen and oxygen atoms in total. The van der Waals surface area contributed by atoms with E-state index in [9.17, 15) is 9.50 Å². The standard InChI is InChI=1S/C24H29FN4O/c1-19-6-2-3-7-21(19)17-28-12-11-27(18-22(28)10-13-30)15-20-14-26-29(16-20)24-9-5-4-8-23(24)25/h2-9,14,16,22,30H,10-13,15,17-18H2,1H3/t22-/m0/s1. The van der Waals surface area contributed by atoms with Crippen molar-refractivity contribution >= 4 is 0 Å². The van der Waals surface area contributed by atoms with Crippen molar-refractivity contribution in [3.8, 4) is 5.69 Å². The van der Waals surface area contributed by atoms with Crippen molar-refractivity contribution in [1.29, 1.82) is 0 Å². The van der Waals surface area contributed by atoms with Gasteiger partial charge in [0, 0.05) is 57.1 Å². The summed E-state index contributed by atoms with van der Waals surface area (Å²) in [6.45, 7) is 6.84. The molecular weight excluding hydrogens is 379 g/mol. The number of hydrogen-bond donors (Lipinski definition) is 1. The Morgan fingerprint density at radius 2 is 1.87 bits per heavy atom. The molecule has 1 aliphatic heterocycles. The van der Waals surface area contributed by atoms with Crippen LogP contribution < -0.4 is 0 Å². The quantitative estimate of drug-likeness (QED) is 0.651. The molecule has 0 amide bonds. The number of para-hydroxylation sites is 1. The second-order valence-electron chi connectivity index (χ2n) is 8.04. The molecule has 158 valence electrons. The van der Waals surface area contributed by atoms with Crippen molar-refractivity contribution in [2.75, 3.05) is 26.2 Å². The van der Waals surface area contributed by atoms with Crippen LogP contribution in [-0.4, -0.2) is 57.0 Å². The fourth-order valence-electron chi connectivity index (χ4n) is 4.21. The van der Waals surface area contributed by atoms with Crippen LogP contribution in [0.1, 0.15) is 23.1 Å². The van der Waals surface area contributed by atoms with E-state index in [1.807, 2.05) is 18.5 Å². The minimum atomic E-state index is -0.278. The van der Waals surface area contributed by atoms with Crippen LogP contribution in [0.5, 0.6) is 0 Å². The molecule has 30 heavy (non-hydrogen) atoms. The summed E-state index contributed by atoms with van der Waals surface area (Å²) in [5.74, 6) is -0.278. The van der Waals surface area contributed by atoms with Crippen LogP contribution in [0.25, 0.3) is 5.69 Å². The second-order valence-corrected chi connectivity index (χ2v) is 8.04. The molecule has 0 unspecified atom stereocenters. The van der Waals surface area contributed by atoms with Crippen LogP contribution in [0.2, 0.25) is 0 Å². The Bertz CT molecular complexity index is 973. The zero-order valence-electron chi connectivity index (χ0n) is 17.4. The van der Waals surface area contributed by atoms with Gasteiger partial charge in [-0.05, 0) is 36.6 Å². The molecule has 2 heterocycles. The smallest absolute Gasteiger partial charge is 0.148 e. The molecule has 0 aliphatic carbocycles. The first-order valence-corrected chi connectivity index (χ1v) is 10.5. The fourth-order valence-corrected chi connectivity index (χ4v) is 4.21. The highest BCUT2D eigenvalue weighted by Gasteiger charge is 2.27. The summed E-state index contributed by atoms with van der Waals surface area (Å²) in [5.41, 5.74) is 4.18. The Hall–Kier alpha value is -2.54. The lowest BCUT2D eigenvalue weighted by molar-refractivity contribution is 0.0498. The van der Waals surface area contributed by atoms with Crippen LogP contribution in [0.3, 0.4) is 0 Å². The topological polar surface area (TPSA) is 44.5 Å². The summed E-state index contributed by atoms with van der Waals surface area (Å²) < 4.78 is 15.6. The molecular formula is C24H29FN4O. The molecule has 0 radical (unpaired) electrons. The van der Waals surface area contributed by atoms with Crippen molar-refractivity contribution < 1.29 is 9.50 Å².